The maximum atomic E-state index is 12.3. The number of aryl methyl sites for hydroxylation is 1. The number of ether oxygens (including phenoxy) is 1. The molecule has 1 N–H and O–H groups in total. The lowest BCUT2D eigenvalue weighted by Crippen LogP contribution is -2.28. The molecule has 0 spiro atoms. The van der Waals surface area contributed by atoms with E-state index >= 15 is 0 Å². The highest BCUT2D eigenvalue weighted by Crippen LogP contribution is 2.26. The third-order valence-electron chi connectivity index (χ3n) is 5.57. The molecule has 0 saturated heterocycles. The van der Waals surface area contributed by atoms with Crippen molar-refractivity contribution in [3.05, 3.63) is 130 Å². The number of sulfonamides is 1. The summed E-state index contributed by atoms with van der Waals surface area (Å²) >= 11 is 1.06. The van der Waals surface area contributed by atoms with Crippen molar-refractivity contribution in [2.24, 2.45) is 0 Å². The third kappa shape index (κ3) is 7.29. The Labute approximate surface area is 221 Å². The van der Waals surface area contributed by atoms with Crippen LogP contribution in [0.15, 0.2) is 107 Å². The molecule has 0 bridgehead atoms. The first-order chi connectivity index (χ1) is 17.9. The Bertz CT molecular complexity index is 1510. The third-order valence-corrected chi connectivity index (χ3v) is 8.31. The number of hydrogen-bond acceptors (Lipinski definition) is 5. The second kappa shape index (κ2) is 12.3. The second-order valence-electron chi connectivity index (χ2n) is 8.31. The highest BCUT2D eigenvalue weighted by molar-refractivity contribution is 7.92. The first kappa shape index (κ1) is 26.1. The predicted octanol–water partition coefficient (Wildman–Crippen LogP) is 6.41. The normalized spacial score (nSPS) is 11.7. The standard InChI is InChI=1S/C30H27NO4S2/c1-23-10-7-16-27(30(23)35-22-24-11-3-2-4-12-24)17-8-15-25-13-5-6-14-26(25)19-20-28(32)31-37(33,34)29-18-9-21-36-29/h2-14,16-21H,15,22H2,1H3,(H,31,32)/b17-8+,20-19+. The molecule has 4 rings (SSSR count). The number of hydrogen-bond donors (Lipinski definition) is 1. The number of benzene rings is 3. The van der Waals surface area contributed by atoms with Gasteiger partial charge in [-0.1, -0.05) is 91.0 Å². The van der Waals surface area contributed by atoms with Crippen molar-refractivity contribution in [3.8, 4) is 5.75 Å². The van der Waals surface area contributed by atoms with E-state index in [0.717, 1.165) is 44.9 Å². The fourth-order valence-corrected chi connectivity index (χ4v) is 5.67. The minimum Gasteiger partial charge on any atom is -0.488 e. The van der Waals surface area contributed by atoms with Gasteiger partial charge in [-0.3, -0.25) is 4.79 Å². The van der Waals surface area contributed by atoms with Gasteiger partial charge in [0.2, 0.25) is 0 Å². The number of carbonyl (C=O) groups is 1. The smallest absolute Gasteiger partial charge is 0.273 e. The summed E-state index contributed by atoms with van der Waals surface area (Å²) in [6, 6.07) is 26.9. The molecule has 7 heteroatoms. The molecule has 1 heterocycles. The Morgan fingerprint density at radius 2 is 1.65 bits per heavy atom. The van der Waals surface area contributed by atoms with E-state index in [-0.39, 0.29) is 4.21 Å². The van der Waals surface area contributed by atoms with E-state index in [2.05, 4.69) is 10.8 Å². The van der Waals surface area contributed by atoms with Gasteiger partial charge in [-0.25, -0.2) is 13.1 Å². The number of thiophene rings is 1. The summed E-state index contributed by atoms with van der Waals surface area (Å²) in [6.45, 7) is 2.52. The highest BCUT2D eigenvalue weighted by Gasteiger charge is 2.17. The SMILES string of the molecule is Cc1cccc(/C=C/Cc2ccccc2/C=C/C(=O)NS(=O)(=O)c2cccs2)c1OCc1ccccc1. The van der Waals surface area contributed by atoms with Crippen LogP contribution in [0, 0.1) is 6.92 Å². The predicted molar refractivity (Wildman–Crippen MR) is 150 cm³/mol. The molecular weight excluding hydrogens is 502 g/mol. The van der Waals surface area contributed by atoms with E-state index in [1.165, 1.54) is 12.1 Å². The van der Waals surface area contributed by atoms with Crippen molar-refractivity contribution in [1.29, 1.82) is 0 Å². The van der Waals surface area contributed by atoms with Crippen LogP contribution >= 0.6 is 11.3 Å². The van der Waals surface area contributed by atoms with Crippen molar-refractivity contribution in [2.75, 3.05) is 0 Å². The molecule has 0 aliphatic carbocycles. The van der Waals surface area contributed by atoms with E-state index in [1.807, 2.05) is 85.8 Å². The average Bonchev–Trinajstić information content (AvgIpc) is 3.45. The zero-order valence-electron chi connectivity index (χ0n) is 20.3. The molecule has 0 aliphatic heterocycles. The van der Waals surface area contributed by atoms with Gasteiger partial charge in [0.05, 0.1) is 0 Å². The van der Waals surface area contributed by atoms with Gasteiger partial charge in [-0.15, -0.1) is 11.3 Å². The molecule has 0 aliphatic rings. The summed E-state index contributed by atoms with van der Waals surface area (Å²) in [7, 11) is -3.86. The number of para-hydroxylation sites is 1. The Kier molecular flexibility index (Phi) is 8.72. The van der Waals surface area contributed by atoms with E-state index < -0.39 is 15.9 Å². The van der Waals surface area contributed by atoms with Gasteiger partial charge in [0, 0.05) is 11.6 Å². The lowest BCUT2D eigenvalue weighted by atomic mass is 10.0. The molecule has 1 aromatic heterocycles. The summed E-state index contributed by atoms with van der Waals surface area (Å²) in [5.41, 5.74) is 4.99. The Hall–Kier alpha value is -3.94. The van der Waals surface area contributed by atoms with E-state index in [4.69, 9.17) is 4.74 Å². The molecule has 188 valence electrons. The van der Waals surface area contributed by atoms with Crippen molar-refractivity contribution >= 4 is 39.4 Å². The van der Waals surface area contributed by atoms with Crippen LogP contribution in [0.3, 0.4) is 0 Å². The molecule has 3 aromatic carbocycles. The molecular formula is C30H27NO4S2. The zero-order chi connectivity index (χ0) is 26.1. The monoisotopic (exact) mass is 529 g/mol. The maximum Gasteiger partial charge on any atom is 0.273 e. The summed E-state index contributed by atoms with van der Waals surface area (Å²) in [5, 5.41) is 1.65. The highest BCUT2D eigenvalue weighted by atomic mass is 32.2. The molecule has 1 amide bonds. The van der Waals surface area contributed by atoms with Crippen LogP contribution in [0.2, 0.25) is 0 Å². The first-order valence-corrected chi connectivity index (χ1v) is 14.1. The van der Waals surface area contributed by atoms with E-state index in [0.29, 0.717) is 13.0 Å². The van der Waals surface area contributed by atoms with Crippen LogP contribution in [0.4, 0.5) is 0 Å². The lowest BCUT2D eigenvalue weighted by Gasteiger charge is -2.12. The van der Waals surface area contributed by atoms with Gasteiger partial charge in [0.25, 0.3) is 15.9 Å². The van der Waals surface area contributed by atoms with Gasteiger partial charge in [0.1, 0.15) is 16.6 Å². The Morgan fingerprint density at radius 1 is 0.892 bits per heavy atom. The molecule has 0 atom stereocenters. The van der Waals surface area contributed by atoms with Crippen molar-refractivity contribution in [2.45, 2.75) is 24.2 Å². The van der Waals surface area contributed by atoms with Gasteiger partial charge in [-0.05, 0) is 53.1 Å². The van der Waals surface area contributed by atoms with Gasteiger partial charge < -0.3 is 4.74 Å². The fourth-order valence-electron chi connectivity index (χ4n) is 3.73. The van der Waals surface area contributed by atoms with Crippen LogP contribution < -0.4 is 9.46 Å². The van der Waals surface area contributed by atoms with Crippen LogP contribution in [0.25, 0.3) is 12.2 Å². The number of nitrogens with one attached hydrogen (secondary N) is 1. The summed E-state index contributed by atoms with van der Waals surface area (Å²) in [6.07, 6.45) is 7.58. The number of amides is 1. The summed E-state index contributed by atoms with van der Waals surface area (Å²) in [4.78, 5) is 12.3. The lowest BCUT2D eigenvalue weighted by molar-refractivity contribution is -0.114. The molecule has 0 radical (unpaired) electrons. The summed E-state index contributed by atoms with van der Waals surface area (Å²) < 4.78 is 32.9. The van der Waals surface area contributed by atoms with Crippen LogP contribution in [0.1, 0.15) is 27.8 Å². The Balaban J connectivity index is 1.43. The van der Waals surface area contributed by atoms with Gasteiger partial charge in [0.15, 0.2) is 0 Å². The minimum atomic E-state index is -3.86. The van der Waals surface area contributed by atoms with Crippen molar-refractivity contribution < 1.29 is 17.9 Å². The van der Waals surface area contributed by atoms with Crippen LogP contribution in [0.5, 0.6) is 5.75 Å². The molecule has 0 fully saturated rings. The Morgan fingerprint density at radius 3 is 2.43 bits per heavy atom. The quantitative estimate of drug-likeness (QED) is 0.241. The zero-order valence-corrected chi connectivity index (χ0v) is 22.0. The molecule has 0 saturated carbocycles. The minimum absolute atomic E-state index is 0.100. The largest absolute Gasteiger partial charge is 0.488 e. The molecule has 5 nitrogen and oxygen atoms in total. The molecule has 4 aromatic rings. The molecule has 0 unspecified atom stereocenters. The maximum absolute atomic E-state index is 12.3. The van der Waals surface area contributed by atoms with Gasteiger partial charge >= 0.3 is 0 Å². The number of rotatable bonds is 10. The summed E-state index contributed by atoms with van der Waals surface area (Å²) in [5.74, 6) is 0.151. The fraction of sp³-hybridized carbons (Fsp3) is 0.100. The molecule has 37 heavy (non-hydrogen) atoms. The first-order valence-electron chi connectivity index (χ1n) is 11.7. The van der Waals surface area contributed by atoms with E-state index in [1.54, 1.807) is 17.5 Å². The van der Waals surface area contributed by atoms with Crippen molar-refractivity contribution in [1.82, 2.24) is 4.72 Å². The van der Waals surface area contributed by atoms with Crippen LogP contribution in [-0.4, -0.2) is 14.3 Å². The number of carbonyl (C=O) groups excluding carboxylic acids is 1. The van der Waals surface area contributed by atoms with Crippen molar-refractivity contribution in [3.63, 3.8) is 0 Å². The average molecular weight is 530 g/mol. The van der Waals surface area contributed by atoms with Crippen LogP contribution in [-0.2, 0) is 27.8 Å². The topological polar surface area (TPSA) is 72.5 Å². The number of allylic oxidation sites excluding steroid dienone is 1. The second-order valence-corrected chi connectivity index (χ2v) is 11.2. The van der Waals surface area contributed by atoms with Gasteiger partial charge in [-0.2, -0.15) is 0 Å². The van der Waals surface area contributed by atoms with E-state index in [9.17, 15) is 13.2 Å².